The number of esters is 1. The van der Waals surface area contributed by atoms with Crippen molar-refractivity contribution in [3.05, 3.63) is 64.0 Å². The van der Waals surface area contributed by atoms with Crippen LogP contribution in [0.15, 0.2) is 48.5 Å². The van der Waals surface area contributed by atoms with Crippen molar-refractivity contribution in [1.82, 2.24) is 0 Å². The first-order chi connectivity index (χ1) is 16.7. The number of hydrogen-bond acceptors (Lipinski definition) is 7. The maximum absolute atomic E-state index is 13.1. The standard InChI is InChI=1S/C26H30ClN3O4S/c1-5-16-12-19(10-11-21(16)33-15-26(2,3)34-23(31)14-28)30-25(32)24-20(29-4)13-22(35-24)17-6-8-18(27)9-7-17/h6-13,29H,5,14-15,28H2,1-4H3,(H,30,32). The van der Waals surface area contributed by atoms with Crippen LogP contribution in [-0.2, 0) is 16.0 Å². The van der Waals surface area contributed by atoms with Crippen LogP contribution in [0.5, 0.6) is 5.75 Å². The number of carbonyl (C=O) groups is 2. The summed E-state index contributed by atoms with van der Waals surface area (Å²) in [6.07, 6.45) is 0.698. The Morgan fingerprint density at radius 1 is 1.11 bits per heavy atom. The van der Waals surface area contributed by atoms with E-state index in [0.717, 1.165) is 21.7 Å². The number of anilines is 2. The largest absolute Gasteiger partial charge is 0.489 e. The van der Waals surface area contributed by atoms with Crippen molar-refractivity contribution in [3.63, 3.8) is 0 Å². The van der Waals surface area contributed by atoms with Crippen LogP contribution in [0.3, 0.4) is 0 Å². The third-order valence-electron chi connectivity index (χ3n) is 5.17. The molecule has 1 heterocycles. The summed E-state index contributed by atoms with van der Waals surface area (Å²) in [7, 11) is 1.79. The quantitative estimate of drug-likeness (QED) is 0.304. The van der Waals surface area contributed by atoms with Gasteiger partial charge in [0, 0.05) is 22.6 Å². The number of carbonyl (C=O) groups excluding carboxylic acids is 2. The zero-order chi connectivity index (χ0) is 25.6. The Balaban J connectivity index is 1.74. The Morgan fingerprint density at radius 2 is 1.83 bits per heavy atom. The van der Waals surface area contributed by atoms with Gasteiger partial charge in [0.2, 0.25) is 0 Å². The number of rotatable bonds is 10. The lowest BCUT2D eigenvalue weighted by Gasteiger charge is -2.25. The van der Waals surface area contributed by atoms with Gasteiger partial charge in [-0.1, -0.05) is 30.7 Å². The number of nitrogens with one attached hydrogen (secondary N) is 2. The molecule has 0 saturated carbocycles. The fourth-order valence-electron chi connectivity index (χ4n) is 3.39. The van der Waals surface area contributed by atoms with Crippen LogP contribution in [0.1, 0.15) is 36.0 Å². The number of nitrogens with two attached hydrogens (primary N) is 1. The number of hydrogen-bond donors (Lipinski definition) is 3. The predicted molar refractivity (Wildman–Crippen MR) is 143 cm³/mol. The van der Waals surface area contributed by atoms with Gasteiger partial charge in [-0.2, -0.15) is 0 Å². The third kappa shape index (κ3) is 6.97. The Morgan fingerprint density at radius 3 is 2.46 bits per heavy atom. The second-order valence-electron chi connectivity index (χ2n) is 8.47. The molecule has 0 radical (unpaired) electrons. The zero-order valence-electron chi connectivity index (χ0n) is 20.2. The molecule has 9 heteroatoms. The van der Waals surface area contributed by atoms with E-state index in [4.69, 9.17) is 26.8 Å². The molecule has 2 aromatic carbocycles. The van der Waals surface area contributed by atoms with Crippen molar-refractivity contribution in [3.8, 4) is 16.2 Å². The minimum absolute atomic E-state index is 0.172. The SMILES string of the molecule is CCc1cc(NC(=O)c2sc(-c3ccc(Cl)cc3)cc2NC)ccc1OCC(C)(C)OC(=O)CN. The lowest BCUT2D eigenvalue weighted by atomic mass is 10.1. The molecule has 0 fully saturated rings. The second kappa shape index (κ2) is 11.6. The molecule has 0 aliphatic carbocycles. The van der Waals surface area contributed by atoms with Crippen molar-refractivity contribution in [2.75, 3.05) is 30.8 Å². The average Bonchev–Trinajstić information content (AvgIpc) is 3.28. The average molecular weight is 516 g/mol. The van der Waals surface area contributed by atoms with Crippen molar-refractivity contribution in [2.45, 2.75) is 32.8 Å². The maximum Gasteiger partial charge on any atom is 0.320 e. The van der Waals surface area contributed by atoms with Gasteiger partial charge in [0.05, 0.1) is 12.2 Å². The van der Waals surface area contributed by atoms with Crippen LogP contribution >= 0.6 is 22.9 Å². The minimum Gasteiger partial charge on any atom is -0.489 e. The molecule has 186 valence electrons. The van der Waals surface area contributed by atoms with E-state index in [1.54, 1.807) is 27.0 Å². The van der Waals surface area contributed by atoms with Gasteiger partial charge in [-0.3, -0.25) is 9.59 Å². The van der Waals surface area contributed by atoms with Crippen LogP contribution in [0.2, 0.25) is 5.02 Å². The van der Waals surface area contributed by atoms with Gasteiger partial charge in [-0.25, -0.2) is 0 Å². The van der Waals surface area contributed by atoms with Crippen molar-refractivity contribution < 1.29 is 19.1 Å². The van der Waals surface area contributed by atoms with Gasteiger partial charge in [-0.05, 0) is 67.8 Å². The second-order valence-corrected chi connectivity index (χ2v) is 9.96. The van der Waals surface area contributed by atoms with Crippen molar-refractivity contribution in [1.29, 1.82) is 0 Å². The molecule has 4 N–H and O–H groups in total. The van der Waals surface area contributed by atoms with Gasteiger partial charge in [0.25, 0.3) is 5.91 Å². The van der Waals surface area contributed by atoms with Crippen LogP contribution in [0, 0.1) is 0 Å². The number of aryl methyl sites for hydroxylation is 1. The molecular weight excluding hydrogens is 486 g/mol. The maximum atomic E-state index is 13.1. The first-order valence-electron chi connectivity index (χ1n) is 11.2. The zero-order valence-corrected chi connectivity index (χ0v) is 21.8. The molecule has 0 saturated heterocycles. The van der Waals surface area contributed by atoms with E-state index in [1.165, 1.54) is 11.3 Å². The van der Waals surface area contributed by atoms with Gasteiger partial charge >= 0.3 is 5.97 Å². The summed E-state index contributed by atoms with van der Waals surface area (Å²) in [6.45, 7) is 5.52. The summed E-state index contributed by atoms with van der Waals surface area (Å²) in [5.74, 6) is -0.0225. The highest BCUT2D eigenvalue weighted by atomic mass is 35.5. The van der Waals surface area contributed by atoms with Gasteiger partial charge < -0.3 is 25.8 Å². The molecule has 0 unspecified atom stereocenters. The van der Waals surface area contributed by atoms with E-state index in [0.29, 0.717) is 27.8 Å². The van der Waals surface area contributed by atoms with Crippen LogP contribution in [0.25, 0.3) is 10.4 Å². The highest BCUT2D eigenvalue weighted by molar-refractivity contribution is 7.18. The summed E-state index contributed by atoms with van der Waals surface area (Å²) in [5, 5.41) is 6.75. The lowest BCUT2D eigenvalue weighted by Crippen LogP contribution is -2.37. The fourth-order valence-corrected chi connectivity index (χ4v) is 4.59. The van der Waals surface area contributed by atoms with E-state index in [9.17, 15) is 9.59 Å². The molecule has 3 aromatic rings. The van der Waals surface area contributed by atoms with E-state index >= 15 is 0 Å². The van der Waals surface area contributed by atoms with E-state index < -0.39 is 11.6 Å². The number of ether oxygens (including phenoxy) is 2. The van der Waals surface area contributed by atoms with Crippen molar-refractivity contribution >= 4 is 46.2 Å². The van der Waals surface area contributed by atoms with Crippen LogP contribution in [-0.4, -0.2) is 37.7 Å². The smallest absolute Gasteiger partial charge is 0.320 e. The molecule has 1 amide bonds. The van der Waals surface area contributed by atoms with Gasteiger partial charge in [-0.15, -0.1) is 11.3 Å². The van der Waals surface area contributed by atoms with Gasteiger partial charge in [0.1, 0.15) is 22.8 Å². The molecule has 0 aliphatic heterocycles. The number of thiophene rings is 1. The molecule has 0 atom stereocenters. The number of halogens is 1. The molecule has 7 nitrogen and oxygen atoms in total. The first kappa shape index (κ1) is 26.5. The van der Waals surface area contributed by atoms with Crippen LogP contribution < -0.4 is 21.1 Å². The fraction of sp³-hybridized carbons (Fsp3) is 0.308. The summed E-state index contributed by atoms with van der Waals surface area (Å²) in [5.41, 5.74) is 7.83. The van der Waals surface area contributed by atoms with Crippen LogP contribution in [0.4, 0.5) is 11.4 Å². The Bertz CT molecular complexity index is 1190. The number of amides is 1. The van der Waals surface area contributed by atoms with Gasteiger partial charge in [0.15, 0.2) is 0 Å². The molecule has 0 bridgehead atoms. The molecule has 0 aliphatic rings. The number of benzene rings is 2. The molecular formula is C26H30ClN3O4S. The predicted octanol–water partition coefficient (Wildman–Crippen LogP) is 5.58. The summed E-state index contributed by atoms with van der Waals surface area (Å²) >= 11 is 7.41. The minimum atomic E-state index is -0.821. The topological polar surface area (TPSA) is 103 Å². The summed E-state index contributed by atoms with van der Waals surface area (Å²) < 4.78 is 11.2. The Hall–Kier alpha value is -3.07. The summed E-state index contributed by atoms with van der Waals surface area (Å²) in [6, 6.07) is 15.0. The van der Waals surface area contributed by atoms with E-state index in [-0.39, 0.29) is 19.1 Å². The first-order valence-corrected chi connectivity index (χ1v) is 12.4. The molecule has 3 rings (SSSR count). The Labute approximate surface area is 214 Å². The van der Waals surface area contributed by atoms with E-state index in [2.05, 4.69) is 10.6 Å². The third-order valence-corrected chi connectivity index (χ3v) is 6.60. The molecule has 0 spiro atoms. The molecule has 35 heavy (non-hydrogen) atoms. The lowest BCUT2D eigenvalue weighted by molar-refractivity contribution is -0.157. The molecule has 1 aromatic heterocycles. The van der Waals surface area contributed by atoms with Crippen molar-refractivity contribution in [2.24, 2.45) is 5.73 Å². The van der Waals surface area contributed by atoms with E-state index in [1.807, 2.05) is 49.4 Å². The summed E-state index contributed by atoms with van der Waals surface area (Å²) in [4.78, 5) is 26.2. The Kier molecular flexibility index (Phi) is 8.77. The normalized spacial score (nSPS) is 11.1. The highest BCUT2D eigenvalue weighted by Crippen LogP contribution is 2.36. The highest BCUT2D eigenvalue weighted by Gasteiger charge is 2.24. The monoisotopic (exact) mass is 515 g/mol.